The molecule has 0 atom stereocenters. The minimum Gasteiger partial charge on any atom is -0.259 e. The van der Waals surface area contributed by atoms with E-state index in [0.717, 1.165) is 17.2 Å². The first-order chi connectivity index (χ1) is 11.4. The number of non-ortho nitro benzene ring substituents is 2. The number of nitro benzene ring substituents is 2. The number of benzene rings is 2. The maximum Gasteiger partial charge on any atom is 0.277 e. The van der Waals surface area contributed by atoms with Gasteiger partial charge in [-0.3, -0.25) is 25.3 Å². The molecule has 0 bridgehead atoms. The van der Waals surface area contributed by atoms with Gasteiger partial charge in [0.2, 0.25) is 0 Å². The molecule has 0 unspecified atom stereocenters. The van der Waals surface area contributed by atoms with Crippen LogP contribution in [0.15, 0.2) is 42.5 Å². The lowest BCUT2D eigenvalue weighted by Gasteiger charge is -1.98. The van der Waals surface area contributed by atoms with Gasteiger partial charge in [0, 0.05) is 23.3 Å². The fourth-order valence-electron chi connectivity index (χ4n) is 2.17. The van der Waals surface area contributed by atoms with Gasteiger partial charge < -0.3 is 0 Å². The van der Waals surface area contributed by atoms with Gasteiger partial charge in [-0.2, -0.15) is 5.10 Å². The SMILES string of the molecule is Cc1ccc(-c2nc(-c3cc([N+](=O)[O-])cc([N+](=O)[O-])c3)n[nH]2)cc1. The van der Waals surface area contributed by atoms with E-state index in [1.54, 1.807) is 0 Å². The third kappa shape index (κ3) is 2.95. The Balaban J connectivity index is 2.04. The van der Waals surface area contributed by atoms with E-state index >= 15 is 0 Å². The molecule has 1 aromatic heterocycles. The van der Waals surface area contributed by atoms with Gasteiger partial charge in [0.15, 0.2) is 11.6 Å². The second-order valence-electron chi connectivity index (χ2n) is 5.13. The van der Waals surface area contributed by atoms with Gasteiger partial charge in [0.05, 0.1) is 15.9 Å². The van der Waals surface area contributed by atoms with Crippen molar-refractivity contribution in [3.63, 3.8) is 0 Å². The maximum absolute atomic E-state index is 11.0. The highest BCUT2D eigenvalue weighted by atomic mass is 16.6. The van der Waals surface area contributed by atoms with E-state index in [4.69, 9.17) is 0 Å². The summed E-state index contributed by atoms with van der Waals surface area (Å²) in [5, 5.41) is 28.6. The molecule has 24 heavy (non-hydrogen) atoms. The van der Waals surface area contributed by atoms with Crippen LogP contribution in [0.4, 0.5) is 11.4 Å². The Kier molecular flexibility index (Phi) is 3.74. The van der Waals surface area contributed by atoms with Crippen molar-refractivity contribution in [1.29, 1.82) is 0 Å². The number of nitrogens with zero attached hydrogens (tertiary/aromatic N) is 4. The Bertz CT molecular complexity index is 901. The maximum atomic E-state index is 11.0. The number of aromatic amines is 1. The Hall–Kier alpha value is -3.62. The van der Waals surface area contributed by atoms with Crippen molar-refractivity contribution in [2.24, 2.45) is 0 Å². The van der Waals surface area contributed by atoms with Crippen LogP contribution < -0.4 is 0 Å². The summed E-state index contributed by atoms with van der Waals surface area (Å²) in [5.41, 5.74) is 1.30. The lowest BCUT2D eigenvalue weighted by atomic mass is 10.1. The Labute approximate surface area is 135 Å². The number of rotatable bonds is 4. The number of hydrogen-bond acceptors (Lipinski definition) is 6. The molecule has 0 aliphatic heterocycles. The van der Waals surface area contributed by atoms with Crippen molar-refractivity contribution < 1.29 is 9.85 Å². The topological polar surface area (TPSA) is 128 Å². The monoisotopic (exact) mass is 325 g/mol. The fourth-order valence-corrected chi connectivity index (χ4v) is 2.17. The van der Waals surface area contributed by atoms with Crippen LogP contribution >= 0.6 is 0 Å². The summed E-state index contributed by atoms with van der Waals surface area (Å²) in [5.74, 6) is 0.622. The molecular formula is C15H11N5O4. The molecule has 1 N–H and O–H groups in total. The molecule has 0 spiro atoms. The molecule has 9 heteroatoms. The first-order valence-corrected chi connectivity index (χ1v) is 6.88. The molecule has 1 heterocycles. The zero-order valence-electron chi connectivity index (χ0n) is 12.5. The highest BCUT2D eigenvalue weighted by molar-refractivity contribution is 5.66. The van der Waals surface area contributed by atoms with Crippen molar-refractivity contribution in [3.05, 3.63) is 68.3 Å². The number of hydrogen-bond donors (Lipinski definition) is 1. The summed E-state index contributed by atoms with van der Waals surface area (Å²) < 4.78 is 0. The average molecular weight is 325 g/mol. The van der Waals surface area contributed by atoms with Crippen molar-refractivity contribution in [3.8, 4) is 22.8 Å². The summed E-state index contributed by atoms with van der Waals surface area (Å²) in [6.45, 7) is 1.96. The molecule has 0 fully saturated rings. The molecule has 0 aliphatic carbocycles. The second kappa shape index (κ2) is 5.88. The summed E-state index contributed by atoms with van der Waals surface area (Å²) in [6, 6.07) is 10.8. The van der Waals surface area contributed by atoms with E-state index in [2.05, 4.69) is 15.2 Å². The van der Waals surface area contributed by atoms with Crippen LogP contribution in [0.1, 0.15) is 5.56 Å². The van der Waals surface area contributed by atoms with Crippen molar-refractivity contribution in [2.75, 3.05) is 0 Å². The van der Waals surface area contributed by atoms with Crippen LogP contribution in [0.5, 0.6) is 0 Å². The van der Waals surface area contributed by atoms with E-state index in [1.165, 1.54) is 12.1 Å². The molecule has 0 aliphatic rings. The van der Waals surface area contributed by atoms with Gasteiger partial charge in [-0.25, -0.2) is 4.98 Å². The molecule has 3 aromatic rings. The minimum absolute atomic E-state index is 0.150. The van der Waals surface area contributed by atoms with E-state index in [-0.39, 0.29) is 22.8 Å². The Morgan fingerprint density at radius 1 is 0.917 bits per heavy atom. The van der Waals surface area contributed by atoms with Crippen LogP contribution in [-0.4, -0.2) is 25.0 Å². The first-order valence-electron chi connectivity index (χ1n) is 6.88. The molecule has 2 aromatic carbocycles. The van der Waals surface area contributed by atoms with E-state index in [9.17, 15) is 20.2 Å². The third-order valence-electron chi connectivity index (χ3n) is 3.39. The lowest BCUT2D eigenvalue weighted by Crippen LogP contribution is -1.94. The van der Waals surface area contributed by atoms with E-state index < -0.39 is 9.85 Å². The number of aryl methyl sites for hydroxylation is 1. The summed E-state index contributed by atoms with van der Waals surface area (Å²) in [4.78, 5) is 24.8. The molecule has 9 nitrogen and oxygen atoms in total. The zero-order chi connectivity index (χ0) is 17.3. The molecule has 0 amide bonds. The van der Waals surface area contributed by atoms with Crippen LogP contribution in [0.2, 0.25) is 0 Å². The summed E-state index contributed by atoms with van der Waals surface area (Å²) in [7, 11) is 0. The fraction of sp³-hybridized carbons (Fsp3) is 0.0667. The molecular weight excluding hydrogens is 314 g/mol. The second-order valence-corrected chi connectivity index (χ2v) is 5.13. The minimum atomic E-state index is -0.690. The number of nitro groups is 2. The van der Waals surface area contributed by atoms with Crippen molar-refractivity contribution >= 4 is 11.4 Å². The van der Waals surface area contributed by atoms with Gasteiger partial charge in [-0.05, 0) is 6.92 Å². The number of H-pyrrole nitrogens is 1. The predicted molar refractivity (Wildman–Crippen MR) is 85.3 cm³/mol. The van der Waals surface area contributed by atoms with Crippen molar-refractivity contribution in [2.45, 2.75) is 6.92 Å². The quantitative estimate of drug-likeness (QED) is 0.579. The van der Waals surface area contributed by atoms with Crippen LogP contribution in [-0.2, 0) is 0 Å². The van der Waals surface area contributed by atoms with E-state index in [1.807, 2.05) is 31.2 Å². The van der Waals surface area contributed by atoms with Crippen LogP contribution in [0, 0.1) is 27.2 Å². The Morgan fingerprint density at radius 3 is 2.04 bits per heavy atom. The number of aromatic nitrogens is 3. The van der Waals surface area contributed by atoms with Gasteiger partial charge in [0.25, 0.3) is 11.4 Å². The van der Waals surface area contributed by atoms with Gasteiger partial charge >= 0.3 is 0 Å². The highest BCUT2D eigenvalue weighted by Crippen LogP contribution is 2.28. The Morgan fingerprint density at radius 2 is 1.50 bits per heavy atom. The summed E-state index contributed by atoms with van der Waals surface area (Å²) >= 11 is 0. The number of nitrogens with one attached hydrogen (secondary N) is 1. The lowest BCUT2D eigenvalue weighted by molar-refractivity contribution is -0.394. The standard InChI is InChI=1S/C15H11N5O4/c1-9-2-4-10(5-3-9)14-16-15(18-17-14)11-6-12(19(21)22)8-13(7-11)20(23)24/h2-8H,1H3,(H,16,17,18). The molecule has 0 radical (unpaired) electrons. The molecule has 120 valence electrons. The molecule has 0 saturated heterocycles. The zero-order valence-corrected chi connectivity index (χ0v) is 12.5. The van der Waals surface area contributed by atoms with Crippen LogP contribution in [0.3, 0.4) is 0 Å². The smallest absolute Gasteiger partial charge is 0.259 e. The van der Waals surface area contributed by atoms with E-state index in [0.29, 0.717) is 5.82 Å². The average Bonchev–Trinajstić information content (AvgIpc) is 3.05. The first kappa shape index (κ1) is 15.3. The van der Waals surface area contributed by atoms with Gasteiger partial charge in [-0.1, -0.05) is 29.8 Å². The van der Waals surface area contributed by atoms with Crippen LogP contribution in [0.25, 0.3) is 22.8 Å². The predicted octanol–water partition coefficient (Wildman–Crippen LogP) is 3.26. The summed E-state index contributed by atoms with van der Waals surface area (Å²) in [6.07, 6.45) is 0. The largest absolute Gasteiger partial charge is 0.277 e. The molecule has 3 rings (SSSR count). The highest BCUT2D eigenvalue weighted by Gasteiger charge is 2.19. The van der Waals surface area contributed by atoms with Gasteiger partial charge in [-0.15, -0.1) is 0 Å². The third-order valence-corrected chi connectivity index (χ3v) is 3.39. The van der Waals surface area contributed by atoms with Crippen molar-refractivity contribution in [1.82, 2.24) is 15.2 Å². The van der Waals surface area contributed by atoms with Gasteiger partial charge in [0.1, 0.15) is 0 Å². The normalized spacial score (nSPS) is 10.5. The molecule has 0 saturated carbocycles.